The van der Waals surface area contributed by atoms with Crippen LogP contribution < -0.4 is 10.1 Å². The van der Waals surface area contributed by atoms with Gasteiger partial charge < -0.3 is 9.64 Å². The maximum atomic E-state index is 12.6. The van der Waals surface area contributed by atoms with Crippen molar-refractivity contribution in [2.24, 2.45) is 5.92 Å². The van der Waals surface area contributed by atoms with E-state index in [2.05, 4.69) is 44.3 Å². The Morgan fingerprint density at radius 2 is 1.94 bits per heavy atom. The molecule has 0 bridgehead atoms. The molecule has 0 radical (unpaired) electrons. The molecule has 8 nitrogen and oxygen atoms in total. The van der Waals surface area contributed by atoms with Crippen molar-refractivity contribution >= 4 is 17.9 Å². The highest BCUT2D eigenvalue weighted by molar-refractivity contribution is 5.88. The fourth-order valence-electron chi connectivity index (χ4n) is 4.09. The summed E-state index contributed by atoms with van der Waals surface area (Å²) in [7, 11) is 0. The molecule has 3 aromatic rings. The Morgan fingerprint density at radius 3 is 2.65 bits per heavy atom. The number of hydrogen-bond donors (Lipinski definition) is 1. The number of anilines is 1. The minimum Gasteiger partial charge on any atom is -0.424 e. The van der Waals surface area contributed by atoms with Crippen LogP contribution in [0.4, 0.5) is 10.6 Å². The van der Waals surface area contributed by atoms with Crippen LogP contribution in [0.2, 0.25) is 0 Å². The number of likely N-dealkylation sites (tertiary alicyclic amines) is 1. The average molecular weight is 457 g/mol. The van der Waals surface area contributed by atoms with E-state index in [1.54, 1.807) is 12.4 Å². The molecule has 174 valence electrons. The Bertz CT molecular complexity index is 1190. The van der Waals surface area contributed by atoms with Crippen LogP contribution in [0.3, 0.4) is 0 Å². The van der Waals surface area contributed by atoms with Crippen molar-refractivity contribution < 1.29 is 9.53 Å². The fraction of sp³-hybridized carbons (Fsp3) is 0.346. The fourth-order valence-corrected chi connectivity index (χ4v) is 4.09. The van der Waals surface area contributed by atoms with Crippen LogP contribution >= 0.6 is 0 Å². The van der Waals surface area contributed by atoms with Gasteiger partial charge in [-0.3, -0.25) is 10.3 Å². The molecule has 0 spiro atoms. The van der Waals surface area contributed by atoms with Gasteiger partial charge in [-0.1, -0.05) is 30.7 Å². The molecule has 1 atom stereocenters. The smallest absolute Gasteiger partial charge is 0.323 e. The molecule has 1 aliphatic carbocycles. The van der Waals surface area contributed by atoms with Crippen LogP contribution in [-0.4, -0.2) is 44.0 Å². The first-order valence-corrected chi connectivity index (χ1v) is 11.7. The summed E-state index contributed by atoms with van der Waals surface area (Å²) in [4.78, 5) is 31.5. The maximum Gasteiger partial charge on any atom is 0.323 e. The monoisotopic (exact) mass is 456 g/mol. The average Bonchev–Trinajstić information content (AvgIpc) is 3.68. The quantitative estimate of drug-likeness (QED) is 0.567. The van der Waals surface area contributed by atoms with E-state index in [4.69, 9.17) is 4.74 Å². The molecule has 2 aromatic heterocycles. The van der Waals surface area contributed by atoms with Gasteiger partial charge >= 0.3 is 12.0 Å². The highest BCUT2D eigenvalue weighted by atomic mass is 16.5. The summed E-state index contributed by atoms with van der Waals surface area (Å²) in [5.74, 6) is 2.04. The van der Waals surface area contributed by atoms with Crippen LogP contribution in [0.15, 0.2) is 54.6 Å². The lowest BCUT2D eigenvalue weighted by atomic mass is 9.91. The van der Waals surface area contributed by atoms with Crippen LogP contribution in [0.25, 0.3) is 6.08 Å². The zero-order valence-electron chi connectivity index (χ0n) is 19.4. The van der Waals surface area contributed by atoms with Gasteiger partial charge in [-0.15, -0.1) is 0 Å². The van der Waals surface area contributed by atoms with E-state index in [-0.39, 0.29) is 11.9 Å². The number of aryl methyl sites for hydroxylation is 1. The van der Waals surface area contributed by atoms with E-state index in [1.165, 1.54) is 24.0 Å². The second-order valence-corrected chi connectivity index (χ2v) is 9.04. The third kappa shape index (κ3) is 5.39. The Labute approximate surface area is 199 Å². The van der Waals surface area contributed by atoms with Gasteiger partial charge in [-0.2, -0.15) is 0 Å². The van der Waals surface area contributed by atoms with Crippen molar-refractivity contribution in [1.82, 2.24) is 24.8 Å². The molecule has 1 aromatic carbocycles. The third-order valence-electron chi connectivity index (χ3n) is 6.22. The largest absolute Gasteiger partial charge is 0.424 e. The van der Waals surface area contributed by atoms with Crippen molar-refractivity contribution in [3.8, 4) is 11.8 Å². The van der Waals surface area contributed by atoms with Crippen molar-refractivity contribution in [2.75, 3.05) is 18.4 Å². The van der Waals surface area contributed by atoms with Gasteiger partial charge in [-0.05, 0) is 61.3 Å². The molecule has 1 saturated carbocycles. The molecule has 1 N–H and O–H groups in total. The van der Waals surface area contributed by atoms with Gasteiger partial charge in [0.15, 0.2) is 5.82 Å². The molecule has 3 heterocycles. The van der Waals surface area contributed by atoms with Crippen molar-refractivity contribution in [3.05, 3.63) is 71.4 Å². The van der Waals surface area contributed by atoms with Crippen LogP contribution in [0.1, 0.15) is 48.9 Å². The number of hydrogen-bond acceptors (Lipinski definition) is 6. The predicted octanol–water partition coefficient (Wildman–Crippen LogP) is 5.20. The first-order chi connectivity index (χ1) is 16.5. The molecular weight excluding hydrogens is 428 g/mol. The first kappa shape index (κ1) is 22.0. The molecule has 1 aliphatic heterocycles. The molecule has 2 amide bonds. The Hall–Kier alpha value is -3.81. The summed E-state index contributed by atoms with van der Waals surface area (Å²) in [6, 6.07) is 8.14. The summed E-state index contributed by atoms with van der Waals surface area (Å²) < 4.78 is 5.88. The number of nitrogens with one attached hydrogen (secondary N) is 1. The molecule has 34 heavy (non-hydrogen) atoms. The minimum atomic E-state index is -0.146. The van der Waals surface area contributed by atoms with E-state index in [9.17, 15) is 4.79 Å². The van der Waals surface area contributed by atoms with Gasteiger partial charge in [0.2, 0.25) is 0 Å². The predicted molar refractivity (Wildman–Crippen MR) is 130 cm³/mol. The number of amides is 2. The van der Waals surface area contributed by atoms with Gasteiger partial charge in [0.05, 0.1) is 18.1 Å². The number of carbonyl (C=O) groups is 1. The molecule has 5 rings (SSSR count). The molecule has 2 fully saturated rings. The summed E-state index contributed by atoms with van der Waals surface area (Å²) in [5, 5.41) is 2.83. The van der Waals surface area contributed by atoms with Gasteiger partial charge in [0.1, 0.15) is 5.75 Å². The maximum absolute atomic E-state index is 12.6. The Kier molecular flexibility index (Phi) is 6.20. The number of carbonyl (C=O) groups excluding carboxylic acids is 1. The van der Waals surface area contributed by atoms with Crippen LogP contribution in [0, 0.1) is 12.8 Å². The van der Waals surface area contributed by atoms with E-state index in [0.29, 0.717) is 36.6 Å². The highest BCUT2D eigenvalue weighted by Gasteiger charge is 2.25. The number of ether oxygens (including phenoxy) is 1. The molecule has 2 aliphatic rings. The first-order valence-electron chi connectivity index (χ1n) is 11.7. The second kappa shape index (κ2) is 9.59. The van der Waals surface area contributed by atoms with Crippen molar-refractivity contribution in [2.45, 2.75) is 39.0 Å². The standard InChI is InChI=1S/C26H28N6O2/c1-17-16-32(26(33)31-24-15-27-18(2)12-28-24)9-8-21(17)10-19-4-3-5-23(11-19)34-25-29-13-22(14-30-25)20-6-7-20/h3-5,10-15,17,20H,6-9,16H2,1-2H3,(H,28,31,33). The number of rotatable bonds is 5. The van der Waals surface area contributed by atoms with Crippen molar-refractivity contribution in [3.63, 3.8) is 0 Å². The van der Waals surface area contributed by atoms with E-state index in [1.807, 2.05) is 42.4 Å². The van der Waals surface area contributed by atoms with Crippen LogP contribution in [0.5, 0.6) is 11.8 Å². The number of piperidine rings is 1. The van der Waals surface area contributed by atoms with E-state index < -0.39 is 0 Å². The minimum absolute atomic E-state index is 0.146. The molecule has 8 heteroatoms. The zero-order valence-corrected chi connectivity index (χ0v) is 19.4. The summed E-state index contributed by atoms with van der Waals surface area (Å²) >= 11 is 0. The zero-order chi connectivity index (χ0) is 23.5. The van der Waals surface area contributed by atoms with Gasteiger partial charge in [0, 0.05) is 25.5 Å². The number of aromatic nitrogens is 4. The number of urea groups is 1. The number of benzene rings is 1. The highest BCUT2D eigenvalue weighted by Crippen LogP contribution is 2.39. The van der Waals surface area contributed by atoms with E-state index in [0.717, 1.165) is 17.7 Å². The van der Waals surface area contributed by atoms with E-state index >= 15 is 0 Å². The summed E-state index contributed by atoms with van der Waals surface area (Å²) in [6.45, 7) is 5.31. The topological polar surface area (TPSA) is 93.1 Å². The molecule has 1 saturated heterocycles. The molecular formula is C26H28N6O2. The van der Waals surface area contributed by atoms with Crippen molar-refractivity contribution in [1.29, 1.82) is 0 Å². The second-order valence-electron chi connectivity index (χ2n) is 9.04. The normalized spacial score (nSPS) is 19.2. The number of nitrogens with zero attached hydrogens (tertiary/aromatic N) is 5. The van der Waals surface area contributed by atoms with Gasteiger partial charge in [0.25, 0.3) is 0 Å². The summed E-state index contributed by atoms with van der Waals surface area (Å²) in [5.41, 5.74) is 4.36. The Balaban J connectivity index is 1.20. The van der Waals surface area contributed by atoms with Gasteiger partial charge in [-0.25, -0.2) is 19.7 Å². The summed E-state index contributed by atoms with van der Waals surface area (Å²) in [6.07, 6.45) is 12.4. The SMILES string of the molecule is Cc1cnc(NC(=O)N2CCC(=Cc3cccc(Oc4ncc(C5CC5)cn4)c3)C(C)C2)cn1. The molecule has 1 unspecified atom stereocenters. The van der Waals surface area contributed by atoms with Crippen LogP contribution in [-0.2, 0) is 0 Å². The lowest BCUT2D eigenvalue weighted by Gasteiger charge is -2.33. The Morgan fingerprint density at radius 1 is 1.12 bits per heavy atom. The third-order valence-corrected chi connectivity index (χ3v) is 6.22. The lowest BCUT2D eigenvalue weighted by Crippen LogP contribution is -2.42. The lowest BCUT2D eigenvalue weighted by molar-refractivity contribution is 0.197.